The molecule has 1 aromatic rings. The Morgan fingerprint density at radius 3 is 2.60 bits per heavy atom. The Hall–Kier alpha value is -0.480. The minimum absolute atomic E-state index is 0.290. The van der Waals surface area contributed by atoms with Crippen molar-refractivity contribution in [2.75, 3.05) is 18.1 Å². The van der Waals surface area contributed by atoms with Crippen molar-refractivity contribution in [1.82, 2.24) is 9.97 Å². The van der Waals surface area contributed by atoms with Gasteiger partial charge in [-0.2, -0.15) is 11.8 Å². The van der Waals surface area contributed by atoms with Gasteiger partial charge in [0, 0.05) is 23.3 Å². The lowest BCUT2D eigenvalue weighted by Crippen LogP contribution is -2.35. The molecule has 1 heterocycles. The summed E-state index contributed by atoms with van der Waals surface area (Å²) in [7, 11) is 0. The Kier molecular flexibility index (Phi) is 5.56. The number of hydrogen-bond donors (Lipinski definition) is 1. The Morgan fingerprint density at radius 1 is 1.30 bits per heavy atom. The zero-order valence-electron chi connectivity index (χ0n) is 12.6. The number of rotatable bonds is 5. The number of anilines is 1. The highest BCUT2D eigenvalue weighted by Crippen LogP contribution is 2.38. The quantitative estimate of drug-likeness (QED) is 0.797. The van der Waals surface area contributed by atoms with E-state index in [0.717, 1.165) is 18.2 Å². The van der Waals surface area contributed by atoms with Gasteiger partial charge in [-0.05, 0) is 19.1 Å². The molecular weight excluding hydrogens is 290 g/mol. The molecule has 5 heteroatoms. The van der Waals surface area contributed by atoms with Crippen LogP contribution in [-0.2, 0) is 0 Å². The molecule has 0 aliphatic heterocycles. The van der Waals surface area contributed by atoms with Crippen LogP contribution < -0.4 is 5.32 Å². The molecule has 0 saturated heterocycles. The summed E-state index contributed by atoms with van der Waals surface area (Å²) in [4.78, 5) is 8.84. The molecule has 3 nitrogen and oxygen atoms in total. The fourth-order valence-electron chi connectivity index (χ4n) is 2.68. The van der Waals surface area contributed by atoms with Crippen LogP contribution in [0.2, 0.25) is 5.15 Å². The lowest BCUT2D eigenvalue weighted by molar-refractivity contribution is 0.411. The second-order valence-electron chi connectivity index (χ2n) is 5.89. The summed E-state index contributed by atoms with van der Waals surface area (Å²) in [6, 6.07) is 1.82. The maximum atomic E-state index is 6.09. The summed E-state index contributed by atoms with van der Waals surface area (Å²) in [5.74, 6) is 1.95. The second-order valence-corrected chi connectivity index (χ2v) is 7.55. The topological polar surface area (TPSA) is 37.8 Å². The molecule has 0 atom stereocenters. The van der Waals surface area contributed by atoms with E-state index in [1.54, 1.807) is 0 Å². The first kappa shape index (κ1) is 15.9. The van der Waals surface area contributed by atoms with E-state index in [9.17, 15) is 0 Å². The zero-order chi connectivity index (χ0) is 14.6. The van der Waals surface area contributed by atoms with Crippen molar-refractivity contribution < 1.29 is 0 Å². The van der Waals surface area contributed by atoms with Crippen LogP contribution in [0.1, 0.15) is 57.7 Å². The van der Waals surface area contributed by atoms with Crippen molar-refractivity contribution >= 4 is 29.2 Å². The van der Waals surface area contributed by atoms with E-state index in [1.165, 1.54) is 32.1 Å². The summed E-state index contributed by atoms with van der Waals surface area (Å²) in [5.41, 5.74) is 0. The molecule has 0 bridgehead atoms. The van der Waals surface area contributed by atoms with E-state index in [-0.39, 0.29) is 0 Å². The van der Waals surface area contributed by atoms with Crippen LogP contribution in [0, 0.1) is 0 Å². The molecule has 0 amide bonds. The van der Waals surface area contributed by atoms with Crippen molar-refractivity contribution in [1.29, 1.82) is 0 Å². The van der Waals surface area contributed by atoms with E-state index in [4.69, 9.17) is 11.6 Å². The molecule has 1 fully saturated rings. The van der Waals surface area contributed by atoms with E-state index >= 15 is 0 Å². The van der Waals surface area contributed by atoms with Gasteiger partial charge >= 0.3 is 0 Å². The third-order valence-corrected chi connectivity index (χ3v) is 5.63. The first-order chi connectivity index (χ1) is 9.54. The largest absolute Gasteiger partial charge is 0.369 e. The highest BCUT2D eigenvalue weighted by atomic mass is 35.5. The monoisotopic (exact) mass is 313 g/mol. The van der Waals surface area contributed by atoms with Gasteiger partial charge in [-0.1, -0.05) is 44.7 Å². The van der Waals surface area contributed by atoms with Gasteiger partial charge in [0.15, 0.2) is 0 Å². The number of nitrogens with one attached hydrogen (secondary N) is 1. The molecule has 2 rings (SSSR count). The Morgan fingerprint density at radius 2 is 2.00 bits per heavy atom. The highest BCUT2D eigenvalue weighted by Gasteiger charge is 2.31. The average Bonchev–Trinajstić information content (AvgIpc) is 2.45. The van der Waals surface area contributed by atoms with Gasteiger partial charge in [-0.15, -0.1) is 0 Å². The summed E-state index contributed by atoms with van der Waals surface area (Å²) in [6.45, 7) is 5.12. The fraction of sp³-hybridized carbons (Fsp3) is 0.733. The van der Waals surface area contributed by atoms with Gasteiger partial charge in [0.1, 0.15) is 16.8 Å². The zero-order valence-corrected chi connectivity index (χ0v) is 14.2. The molecular formula is C15H24ClN3S. The lowest BCUT2D eigenvalue weighted by atomic mass is 9.88. The van der Waals surface area contributed by atoms with Crippen molar-refractivity contribution in [2.24, 2.45) is 0 Å². The minimum Gasteiger partial charge on any atom is -0.369 e. The van der Waals surface area contributed by atoms with Crippen LogP contribution in [0.5, 0.6) is 0 Å². The van der Waals surface area contributed by atoms with E-state index in [1.807, 2.05) is 17.8 Å². The molecule has 1 aromatic heterocycles. The summed E-state index contributed by atoms with van der Waals surface area (Å²) >= 11 is 8.08. The Balaban J connectivity index is 2.06. The molecule has 0 spiro atoms. The summed E-state index contributed by atoms with van der Waals surface area (Å²) < 4.78 is 0.355. The van der Waals surface area contributed by atoms with Crippen molar-refractivity contribution in [3.05, 3.63) is 17.0 Å². The van der Waals surface area contributed by atoms with Gasteiger partial charge < -0.3 is 5.32 Å². The van der Waals surface area contributed by atoms with Gasteiger partial charge in [0.25, 0.3) is 0 Å². The Bertz CT molecular complexity index is 445. The van der Waals surface area contributed by atoms with Crippen LogP contribution in [0.3, 0.4) is 0 Å². The average molecular weight is 314 g/mol. The first-order valence-corrected chi connectivity index (χ1v) is 8.98. The molecule has 0 unspecified atom stereocenters. The number of aromatic nitrogens is 2. The highest BCUT2D eigenvalue weighted by molar-refractivity contribution is 8.00. The molecule has 0 radical (unpaired) electrons. The first-order valence-electron chi connectivity index (χ1n) is 7.38. The maximum absolute atomic E-state index is 6.09. The van der Waals surface area contributed by atoms with Crippen molar-refractivity contribution in [2.45, 2.75) is 56.6 Å². The summed E-state index contributed by atoms with van der Waals surface area (Å²) in [5, 5.41) is 4.01. The second kappa shape index (κ2) is 6.99. The van der Waals surface area contributed by atoms with Crippen LogP contribution in [0.25, 0.3) is 0 Å². The predicted octanol–water partition coefficient (Wildman–Crippen LogP) is 4.73. The van der Waals surface area contributed by atoms with E-state index < -0.39 is 0 Å². The third-order valence-electron chi connectivity index (χ3n) is 4.02. The van der Waals surface area contributed by atoms with Crippen LogP contribution in [0.15, 0.2) is 6.07 Å². The van der Waals surface area contributed by atoms with E-state index in [0.29, 0.717) is 15.8 Å². The molecule has 1 aliphatic carbocycles. The van der Waals surface area contributed by atoms with Gasteiger partial charge in [0.2, 0.25) is 0 Å². The molecule has 1 N–H and O–H groups in total. The molecule has 20 heavy (non-hydrogen) atoms. The third kappa shape index (κ3) is 4.01. The number of hydrogen-bond acceptors (Lipinski definition) is 4. The molecule has 1 saturated carbocycles. The van der Waals surface area contributed by atoms with Gasteiger partial charge in [0.05, 0.1) is 0 Å². The Labute approximate surface area is 131 Å². The standard InChI is InChI=1S/C15H24ClN3S/c1-11(2)14-18-12(16)9-13(19-14)17-10-15(20-3)7-5-4-6-8-15/h9,11H,4-8,10H2,1-3H3,(H,17,18,19). The van der Waals surface area contributed by atoms with Gasteiger partial charge in [-0.25, -0.2) is 9.97 Å². The molecule has 112 valence electrons. The fourth-order valence-corrected chi connectivity index (χ4v) is 3.79. The minimum atomic E-state index is 0.290. The smallest absolute Gasteiger partial charge is 0.135 e. The van der Waals surface area contributed by atoms with Crippen LogP contribution in [0.4, 0.5) is 5.82 Å². The van der Waals surface area contributed by atoms with Crippen molar-refractivity contribution in [3.8, 4) is 0 Å². The number of thioether (sulfide) groups is 1. The van der Waals surface area contributed by atoms with Gasteiger partial charge in [-0.3, -0.25) is 0 Å². The lowest BCUT2D eigenvalue weighted by Gasteiger charge is -2.36. The number of halogens is 1. The van der Waals surface area contributed by atoms with E-state index in [2.05, 4.69) is 35.4 Å². The SMILES string of the molecule is CSC1(CNc2cc(Cl)nc(C(C)C)n2)CCCCC1. The predicted molar refractivity (Wildman–Crippen MR) is 89.0 cm³/mol. The normalized spacial score (nSPS) is 18.2. The molecule has 1 aliphatic rings. The van der Waals surface area contributed by atoms with Crippen molar-refractivity contribution in [3.63, 3.8) is 0 Å². The van der Waals surface area contributed by atoms with Crippen LogP contribution in [-0.4, -0.2) is 27.5 Å². The van der Waals surface area contributed by atoms with Crippen LogP contribution >= 0.6 is 23.4 Å². The molecule has 0 aromatic carbocycles. The number of nitrogens with zero attached hydrogens (tertiary/aromatic N) is 2. The maximum Gasteiger partial charge on any atom is 0.135 e. The summed E-state index contributed by atoms with van der Waals surface area (Å²) in [6.07, 6.45) is 8.85.